The van der Waals surface area contributed by atoms with Crippen molar-refractivity contribution in [3.63, 3.8) is 0 Å². The van der Waals surface area contributed by atoms with E-state index < -0.39 is 0 Å². The molecule has 10 heteroatoms. The molecule has 0 spiro atoms. The molecular weight excluding hydrogens is 506 g/mol. The second kappa shape index (κ2) is 9.90. The van der Waals surface area contributed by atoms with Crippen molar-refractivity contribution < 1.29 is 14.3 Å². The number of carbonyl (C=O) groups is 2. The minimum atomic E-state index is -0.177. The molecule has 0 unspecified atom stereocenters. The average Bonchev–Trinajstić information content (AvgIpc) is 3.80. The van der Waals surface area contributed by atoms with Crippen LogP contribution in [0.15, 0.2) is 35.8 Å². The van der Waals surface area contributed by atoms with Gasteiger partial charge in [0.15, 0.2) is 4.96 Å². The lowest BCUT2D eigenvalue weighted by Crippen LogP contribution is -2.40. The number of aryl methyl sites for hydroxylation is 1. The molecule has 2 amide bonds. The topological polar surface area (TPSA) is 88.8 Å². The Labute approximate surface area is 223 Å². The van der Waals surface area contributed by atoms with Crippen LogP contribution in [0.5, 0.6) is 5.75 Å². The number of nitrogens with zero attached hydrogens (tertiary/aromatic N) is 4. The fourth-order valence-corrected chi connectivity index (χ4v) is 6.52. The van der Waals surface area contributed by atoms with Gasteiger partial charge in [0.2, 0.25) is 0 Å². The maximum absolute atomic E-state index is 13.9. The predicted molar refractivity (Wildman–Crippen MR) is 145 cm³/mol. The number of rotatable bonds is 10. The molecule has 0 aliphatic heterocycles. The van der Waals surface area contributed by atoms with Gasteiger partial charge in [-0.25, -0.2) is 9.97 Å². The van der Waals surface area contributed by atoms with Gasteiger partial charge in [0.05, 0.1) is 22.7 Å². The number of benzene rings is 1. The molecule has 4 aromatic rings. The van der Waals surface area contributed by atoms with Crippen molar-refractivity contribution in [3.8, 4) is 16.2 Å². The number of imidazole rings is 1. The summed E-state index contributed by atoms with van der Waals surface area (Å²) in [5.74, 6) is 1.49. The van der Waals surface area contributed by atoms with E-state index in [0.29, 0.717) is 48.6 Å². The zero-order valence-corrected chi connectivity index (χ0v) is 22.5. The van der Waals surface area contributed by atoms with Crippen molar-refractivity contribution >= 4 is 39.4 Å². The molecule has 0 bridgehead atoms. The van der Waals surface area contributed by atoms with E-state index in [-0.39, 0.29) is 11.8 Å². The van der Waals surface area contributed by atoms with Gasteiger partial charge in [-0.1, -0.05) is 12.1 Å². The highest BCUT2D eigenvalue weighted by atomic mass is 32.1. The number of methoxy groups -OCH3 is 1. The smallest absolute Gasteiger partial charge is 0.274 e. The highest BCUT2D eigenvalue weighted by Crippen LogP contribution is 2.45. The summed E-state index contributed by atoms with van der Waals surface area (Å²) in [6.45, 7) is 3.32. The number of fused-ring (bicyclic) bond motifs is 1. The Morgan fingerprint density at radius 3 is 2.81 bits per heavy atom. The van der Waals surface area contributed by atoms with Crippen LogP contribution in [0.25, 0.3) is 15.4 Å². The highest BCUT2D eigenvalue weighted by molar-refractivity contribution is 7.15. The largest absolute Gasteiger partial charge is 0.497 e. The molecule has 0 radical (unpaired) electrons. The predicted octanol–water partition coefficient (Wildman–Crippen LogP) is 5.00. The third kappa shape index (κ3) is 5.00. The summed E-state index contributed by atoms with van der Waals surface area (Å²) in [5.41, 5.74) is 2.71. The van der Waals surface area contributed by atoms with Gasteiger partial charge < -0.3 is 15.0 Å². The minimum Gasteiger partial charge on any atom is -0.497 e. The third-order valence-corrected chi connectivity index (χ3v) is 8.91. The number of aromatic nitrogens is 3. The van der Waals surface area contributed by atoms with Crippen LogP contribution in [0.3, 0.4) is 0 Å². The monoisotopic (exact) mass is 535 g/mol. The summed E-state index contributed by atoms with van der Waals surface area (Å²) in [5, 5.41) is 5.96. The fourth-order valence-electron chi connectivity index (χ4n) is 4.54. The molecular formula is C27H29N5O3S2. The first kappa shape index (κ1) is 24.1. The van der Waals surface area contributed by atoms with E-state index in [1.54, 1.807) is 18.4 Å². The van der Waals surface area contributed by atoms with E-state index in [1.165, 1.54) is 11.3 Å². The van der Waals surface area contributed by atoms with Gasteiger partial charge in [-0.15, -0.1) is 22.7 Å². The van der Waals surface area contributed by atoms with Crippen molar-refractivity contribution in [1.82, 2.24) is 24.6 Å². The summed E-state index contributed by atoms with van der Waals surface area (Å²) < 4.78 is 7.25. The summed E-state index contributed by atoms with van der Waals surface area (Å²) in [4.78, 5) is 39.8. The summed E-state index contributed by atoms with van der Waals surface area (Å²) >= 11 is 3.12. The van der Waals surface area contributed by atoms with Gasteiger partial charge in [-0.2, -0.15) is 0 Å². The quantitative estimate of drug-likeness (QED) is 0.309. The van der Waals surface area contributed by atoms with Crippen LogP contribution in [-0.2, 0) is 0 Å². The van der Waals surface area contributed by atoms with E-state index in [4.69, 9.17) is 9.72 Å². The zero-order valence-electron chi connectivity index (χ0n) is 20.9. The number of carbonyl (C=O) groups excluding carboxylic acids is 2. The zero-order chi connectivity index (χ0) is 25.5. The number of amides is 2. The van der Waals surface area contributed by atoms with E-state index in [9.17, 15) is 9.59 Å². The molecule has 8 nitrogen and oxygen atoms in total. The summed E-state index contributed by atoms with van der Waals surface area (Å²) in [6, 6.07) is 7.82. The molecule has 2 aliphatic carbocycles. The molecule has 1 N–H and O–H groups in total. The summed E-state index contributed by atoms with van der Waals surface area (Å²) in [6.07, 6.45) is 6.38. The average molecular weight is 536 g/mol. The lowest BCUT2D eigenvalue weighted by atomic mass is 10.1. The molecule has 1 aromatic carbocycles. The first-order chi connectivity index (χ1) is 18.0. The van der Waals surface area contributed by atoms with Crippen LogP contribution in [-0.4, -0.2) is 57.8 Å². The number of nitrogens with one attached hydrogen (secondary N) is 1. The van der Waals surface area contributed by atoms with Crippen LogP contribution < -0.4 is 10.1 Å². The van der Waals surface area contributed by atoms with Crippen LogP contribution >= 0.6 is 22.7 Å². The number of thiazole rings is 2. The maximum Gasteiger partial charge on any atom is 0.274 e. The Hall–Kier alpha value is -3.24. The standard InChI is InChI=1S/C27H29N5O3S2/c1-16-22(32-12-13-36-27(32)29-16)24(33)28-10-11-31(15-17-6-7-17)26(34)21-23(37-25(30-21)18-8-9-18)19-4-3-5-20(14-19)35-2/h3-5,12-14,17-18H,6-11,15H2,1-2H3,(H,28,33). The molecule has 2 aliphatic rings. The Kier molecular flexibility index (Phi) is 6.46. The van der Waals surface area contributed by atoms with Crippen LogP contribution in [0.1, 0.15) is 63.3 Å². The molecule has 0 atom stereocenters. The van der Waals surface area contributed by atoms with Crippen LogP contribution in [0.2, 0.25) is 0 Å². The Balaban J connectivity index is 1.22. The van der Waals surface area contributed by atoms with E-state index in [2.05, 4.69) is 10.3 Å². The maximum atomic E-state index is 13.9. The van der Waals surface area contributed by atoms with Crippen LogP contribution in [0.4, 0.5) is 0 Å². The molecule has 3 aromatic heterocycles. The van der Waals surface area contributed by atoms with E-state index in [1.807, 2.05) is 52.1 Å². The van der Waals surface area contributed by atoms with Gasteiger partial charge in [0.25, 0.3) is 11.8 Å². The lowest BCUT2D eigenvalue weighted by molar-refractivity contribution is 0.0736. The second-order valence-corrected chi connectivity index (χ2v) is 11.7. The molecule has 6 rings (SSSR count). The first-order valence-electron chi connectivity index (χ1n) is 12.7. The van der Waals surface area contributed by atoms with Crippen molar-refractivity contribution in [2.75, 3.05) is 26.7 Å². The molecule has 37 heavy (non-hydrogen) atoms. The number of hydrogen-bond donors (Lipinski definition) is 1. The minimum absolute atomic E-state index is 0.0668. The van der Waals surface area contributed by atoms with Gasteiger partial charge >= 0.3 is 0 Å². The highest BCUT2D eigenvalue weighted by Gasteiger charge is 2.33. The van der Waals surface area contributed by atoms with Crippen molar-refractivity contribution in [2.45, 2.75) is 38.5 Å². The lowest BCUT2D eigenvalue weighted by Gasteiger charge is -2.22. The van der Waals surface area contributed by atoms with E-state index >= 15 is 0 Å². The molecule has 0 saturated heterocycles. The van der Waals surface area contributed by atoms with Gasteiger partial charge in [-0.05, 0) is 56.2 Å². The van der Waals surface area contributed by atoms with Gasteiger partial charge in [-0.3, -0.25) is 14.0 Å². The normalized spacial score (nSPS) is 15.2. The summed E-state index contributed by atoms with van der Waals surface area (Å²) in [7, 11) is 1.65. The Morgan fingerprint density at radius 2 is 2.05 bits per heavy atom. The molecule has 2 saturated carbocycles. The van der Waals surface area contributed by atoms with Crippen molar-refractivity contribution in [2.24, 2.45) is 5.92 Å². The Bertz CT molecular complexity index is 1460. The number of ether oxygens (including phenoxy) is 1. The Morgan fingerprint density at radius 1 is 1.22 bits per heavy atom. The second-order valence-electron chi connectivity index (χ2n) is 9.79. The molecule has 192 valence electrons. The number of hydrogen-bond acceptors (Lipinski definition) is 7. The first-order valence-corrected chi connectivity index (χ1v) is 14.4. The third-order valence-electron chi connectivity index (χ3n) is 6.89. The van der Waals surface area contributed by atoms with Crippen molar-refractivity contribution in [1.29, 1.82) is 0 Å². The van der Waals surface area contributed by atoms with Gasteiger partial charge in [0.1, 0.15) is 17.1 Å². The fraction of sp³-hybridized carbons (Fsp3) is 0.407. The van der Waals surface area contributed by atoms with Gasteiger partial charge in [0, 0.05) is 37.1 Å². The van der Waals surface area contributed by atoms with Crippen molar-refractivity contribution in [3.05, 3.63) is 57.9 Å². The van der Waals surface area contributed by atoms with E-state index in [0.717, 1.165) is 51.8 Å². The molecule has 3 heterocycles. The molecule has 2 fully saturated rings. The van der Waals surface area contributed by atoms with Crippen LogP contribution in [0, 0.1) is 12.8 Å². The SMILES string of the molecule is COc1cccc(-c2sc(C3CC3)nc2C(=O)N(CCNC(=O)c2c(C)nc3sccn23)CC2CC2)c1.